The molecule has 1 fully saturated rings. The third-order valence-corrected chi connectivity index (χ3v) is 6.79. The van der Waals surface area contributed by atoms with Crippen LogP contribution < -0.4 is 21.9 Å². The highest BCUT2D eigenvalue weighted by Gasteiger charge is 2.34. The summed E-state index contributed by atoms with van der Waals surface area (Å²) in [7, 11) is 0. The van der Waals surface area contributed by atoms with Crippen molar-refractivity contribution >= 4 is 40.0 Å². The van der Waals surface area contributed by atoms with Gasteiger partial charge in [0, 0.05) is 31.0 Å². The number of aromatic nitrogens is 3. The van der Waals surface area contributed by atoms with Gasteiger partial charge in [0.05, 0.1) is 27.4 Å². The number of nitrogens with zero attached hydrogens (tertiary/aromatic N) is 4. The standard InChI is InChI=1S/C25H25ClN6O4/c1-3-31-21-9-8-15(11-17(21)24(35)32(4-2)25(31)36)29-23(34)16-6-5-7-19(16)30-22(33)14-10-18(26)20(12-27)28-13-14/h8-11,13,16,19H,3-7H2,1-2H3,(H,29,34)(H,30,33). The second-order valence-corrected chi connectivity index (χ2v) is 8.99. The maximum atomic E-state index is 13.1. The first-order valence-corrected chi connectivity index (χ1v) is 12.1. The number of carbonyl (C=O) groups excluding carboxylic acids is 2. The van der Waals surface area contributed by atoms with Crippen molar-refractivity contribution in [3.63, 3.8) is 0 Å². The molecule has 0 radical (unpaired) electrons. The van der Waals surface area contributed by atoms with E-state index in [1.807, 2.05) is 13.0 Å². The van der Waals surface area contributed by atoms with Crippen LogP contribution in [0.4, 0.5) is 5.69 Å². The number of halogens is 1. The Kier molecular flexibility index (Phi) is 7.22. The first-order valence-electron chi connectivity index (χ1n) is 11.7. The Morgan fingerprint density at radius 3 is 2.58 bits per heavy atom. The molecule has 3 aromatic rings. The fraction of sp³-hybridized carbons (Fsp3) is 0.360. The quantitative estimate of drug-likeness (QED) is 0.524. The largest absolute Gasteiger partial charge is 0.348 e. The molecule has 1 aliphatic carbocycles. The lowest BCUT2D eigenvalue weighted by atomic mass is 10.0. The summed E-state index contributed by atoms with van der Waals surface area (Å²) in [5.41, 5.74) is 0.415. The minimum Gasteiger partial charge on any atom is -0.348 e. The lowest BCUT2D eigenvalue weighted by molar-refractivity contribution is -0.120. The summed E-state index contributed by atoms with van der Waals surface area (Å²) in [5.74, 6) is -1.17. The highest BCUT2D eigenvalue weighted by atomic mass is 35.5. The van der Waals surface area contributed by atoms with E-state index in [1.54, 1.807) is 25.1 Å². The number of benzene rings is 1. The fourth-order valence-electron chi connectivity index (χ4n) is 4.66. The number of amides is 2. The maximum Gasteiger partial charge on any atom is 0.331 e. The van der Waals surface area contributed by atoms with Crippen molar-refractivity contribution in [2.75, 3.05) is 5.32 Å². The molecule has 2 amide bonds. The minimum absolute atomic E-state index is 0.0309. The predicted molar refractivity (Wildman–Crippen MR) is 135 cm³/mol. The Morgan fingerprint density at radius 1 is 1.17 bits per heavy atom. The van der Waals surface area contributed by atoms with Crippen molar-refractivity contribution in [2.45, 2.75) is 52.2 Å². The lowest BCUT2D eigenvalue weighted by Crippen LogP contribution is -2.42. The monoisotopic (exact) mass is 508 g/mol. The van der Waals surface area contributed by atoms with Gasteiger partial charge in [0.15, 0.2) is 5.69 Å². The molecule has 0 bridgehead atoms. The van der Waals surface area contributed by atoms with E-state index in [2.05, 4.69) is 15.6 Å². The molecule has 11 heteroatoms. The third-order valence-electron chi connectivity index (χ3n) is 6.50. The van der Waals surface area contributed by atoms with Crippen LogP contribution in [0.15, 0.2) is 40.1 Å². The molecule has 1 saturated carbocycles. The summed E-state index contributed by atoms with van der Waals surface area (Å²) in [6.07, 6.45) is 3.26. The maximum absolute atomic E-state index is 13.1. The molecule has 1 aliphatic rings. The molecule has 2 aromatic heterocycles. The number of anilines is 1. The highest BCUT2D eigenvalue weighted by Crippen LogP contribution is 2.28. The predicted octanol–water partition coefficient (Wildman–Crippen LogP) is 2.66. The van der Waals surface area contributed by atoms with Gasteiger partial charge >= 0.3 is 5.69 Å². The smallest absolute Gasteiger partial charge is 0.331 e. The number of pyridine rings is 1. The summed E-state index contributed by atoms with van der Waals surface area (Å²) >= 11 is 5.99. The van der Waals surface area contributed by atoms with Gasteiger partial charge in [-0.3, -0.25) is 23.5 Å². The van der Waals surface area contributed by atoms with E-state index in [0.717, 1.165) is 6.42 Å². The number of aryl methyl sites for hydroxylation is 1. The van der Waals surface area contributed by atoms with Crippen molar-refractivity contribution in [1.82, 2.24) is 19.4 Å². The Labute approximate surface area is 211 Å². The number of hydrogen-bond acceptors (Lipinski definition) is 6. The number of rotatable bonds is 6. The van der Waals surface area contributed by atoms with Crippen molar-refractivity contribution in [1.29, 1.82) is 5.26 Å². The molecule has 0 aliphatic heterocycles. The SMILES string of the molecule is CCn1c(=O)c2cc(NC(=O)C3CCCC3NC(=O)c3cnc(C#N)c(Cl)c3)ccc2n(CC)c1=O. The van der Waals surface area contributed by atoms with Crippen LogP contribution in [0.2, 0.25) is 5.02 Å². The van der Waals surface area contributed by atoms with Gasteiger partial charge in [-0.05, 0) is 51.0 Å². The molecule has 1 aromatic carbocycles. The molecule has 0 saturated heterocycles. The zero-order chi connectivity index (χ0) is 26.0. The molecule has 186 valence electrons. The van der Waals surface area contributed by atoms with E-state index < -0.39 is 23.4 Å². The Bertz CT molecular complexity index is 1520. The zero-order valence-electron chi connectivity index (χ0n) is 19.9. The van der Waals surface area contributed by atoms with Gasteiger partial charge in [-0.2, -0.15) is 5.26 Å². The molecule has 0 spiro atoms. The Hall–Kier alpha value is -3.97. The summed E-state index contributed by atoms with van der Waals surface area (Å²) in [6.45, 7) is 4.21. The van der Waals surface area contributed by atoms with Crippen molar-refractivity contribution < 1.29 is 9.59 Å². The van der Waals surface area contributed by atoms with E-state index in [4.69, 9.17) is 16.9 Å². The molecule has 2 heterocycles. The van der Waals surface area contributed by atoms with E-state index in [9.17, 15) is 19.2 Å². The van der Waals surface area contributed by atoms with Gasteiger partial charge in [-0.1, -0.05) is 18.0 Å². The van der Waals surface area contributed by atoms with Crippen LogP contribution >= 0.6 is 11.6 Å². The van der Waals surface area contributed by atoms with Gasteiger partial charge in [0.25, 0.3) is 11.5 Å². The molecule has 2 N–H and O–H groups in total. The second-order valence-electron chi connectivity index (χ2n) is 8.58. The Morgan fingerprint density at radius 2 is 1.92 bits per heavy atom. The molecular weight excluding hydrogens is 484 g/mol. The van der Waals surface area contributed by atoms with E-state index in [0.29, 0.717) is 36.0 Å². The number of fused-ring (bicyclic) bond motifs is 1. The van der Waals surface area contributed by atoms with Gasteiger partial charge < -0.3 is 10.6 Å². The van der Waals surface area contributed by atoms with E-state index in [1.165, 1.54) is 21.4 Å². The van der Waals surface area contributed by atoms with Crippen LogP contribution in [0.1, 0.15) is 49.2 Å². The number of nitrogens with one attached hydrogen (secondary N) is 2. The molecule has 10 nitrogen and oxygen atoms in total. The van der Waals surface area contributed by atoms with Crippen molar-refractivity contribution in [3.05, 3.63) is 67.6 Å². The first-order chi connectivity index (χ1) is 17.3. The van der Waals surface area contributed by atoms with Crippen molar-refractivity contribution in [3.8, 4) is 6.07 Å². The topological polar surface area (TPSA) is 139 Å². The fourth-order valence-corrected chi connectivity index (χ4v) is 4.87. The van der Waals surface area contributed by atoms with Crippen LogP contribution in [-0.2, 0) is 17.9 Å². The summed E-state index contributed by atoms with van der Waals surface area (Å²) in [5, 5.41) is 15.1. The molecule has 36 heavy (non-hydrogen) atoms. The molecule has 2 atom stereocenters. The van der Waals surface area contributed by atoms with Crippen LogP contribution in [-0.4, -0.2) is 32.0 Å². The van der Waals surface area contributed by atoms with Gasteiger partial charge in [0.2, 0.25) is 5.91 Å². The zero-order valence-corrected chi connectivity index (χ0v) is 20.6. The number of hydrogen-bond donors (Lipinski definition) is 2. The first kappa shape index (κ1) is 25.1. The molecule has 4 rings (SSSR count). The normalized spacial score (nSPS) is 17.1. The minimum atomic E-state index is -0.469. The van der Waals surface area contributed by atoms with Gasteiger partial charge in [-0.15, -0.1) is 0 Å². The third kappa shape index (κ3) is 4.62. The summed E-state index contributed by atoms with van der Waals surface area (Å²) < 4.78 is 2.70. The van der Waals surface area contributed by atoms with Gasteiger partial charge in [-0.25, -0.2) is 9.78 Å². The summed E-state index contributed by atoms with van der Waals surface area (Å²) in [4.78, 5) is 55.2. The molecular formula is C25H25ClN6O4. The van der Waals surface area contributed by atoms with Gasteiger partial charge in [0.1, 0.15) is 6.07 Å². The number of nitriles is 1. The Balaban J connectivity index is 1.54. The molecule has 2 unspecified atom stereocenters. The lowest BCUT2D eigenvalue weighted by Gasteiger charge is -2.21. The van der Waals surface area contributed by atoms with E-state index >= 15 is 0 Å². The van der Waals surface area contributed by atoms with Crippen LogP contribution in [0.5, 0.6) is 0 Å². The average Bonchev–Trinajstić information content (AvgIpc) is 3.33. The summed E-state index contributed by atoms with van der Waals surface area (Å²) in [6, 6.07) is 7.73. The van der Waals surface area contributed by atoms with Crippen LogP contribution in [0, 0.1) is 17.2 Å². The average molecular weight is 509 g/mol. The van der Waals surface area contributed by atoms with Crippen molar-refractivity contribution in [2.24, 2.45) is 5.92 Å². The highest BCUT2D eigenvalue weighted by molar-refractivity contribution is 6.31. The second kappa shape index (κ2) is 10.3. The number of carbonyl (C=O) groups is 2. The van der Waals surface area contributed by atoms with Crippen LogP contribution in [0.25, 0.3) is 10.9 Å². The van der Waals surface area contributed by atoms with Crippen LogP contribution in [0.3, 0.4) is 0 Å². The van der Waals surface area contributed by atoms with E-state index in [-0.39, 0.29) is 34.4 Å².